The molecule has 4 nitrogen and oxygen atoms in total. The smallest absolute Gasteiger partial charge is 0.264 e. The zero-order chi connectivity index (χ0) is 15.9. The summed E-state index contributed by atoms with van der Waals surface area (Å²) in [6.07, 6.45) is -0.560. The summed E-state index contributed by atoms with van der Waals surface area (Å²) < 4.78 is 5.56. The van der Waals surface area contributed by atoms with Crippen LogP contribution in [-0.2, 0) is 4.79 Å². The number of nitrogens with zero attached hydrogens (tertiary/aromatic N) is 1. The van der Waals surface area contributed by atoms with Crippen molar-refractivity contribution in [3.63, 3.8) is 0 Å². The summed E-state index contributed by atoms with van der Waals surface area (Å²) >= 11 is 0. The summed E-state index contributed by atoms with van der Waals surface area (Å²) in [5, 5.41) is 9.57. The van der Waals surface area contributed by atoms with Gasteiger partial charge in [-0.2, -0.15) is 0 Å². The van der Waals surface area contributed by atoms with Gasteiger partial charge in [0.25, 0.3) is 5.91 Å². The molecule has 1 N–H and O–H groups in total. The van der Waals surface area contributed by atoms with E-state index in [0.29, 0.717) is 12.3 Å². The maximum absolute atomic E-state index is 12.3. The van der Waals surface area contributed by atoms with Gasteiger partial charge in [-0.1, -0.05) is 30.3 Å². The summed E-state index contributed by atoms with van der Waals surface area (Å²) in [5.41, 5.74) is 1.62. The number of para-hydroxylation sites is 1. The Labute approximate surface area is 131 Å². The van der Waals surface area contributed by atoms with Gasteiger partial charge in [-0.05, 0) is 43.7 Å². The lowest BCUT2D eigenvalue weighted by Gasteiger charge is -2.21. The van der Waals surface area contributed by atoms with Crippen LogP contribution in [0.15, 0.2) is 54.6 Å². The maximum Gasteiger partial charge on any atom is 0.264 e. The predicted molar refractivity (Wildman–Crippen MR) is 87.0 cm³/mol. The second-order valence-corrected chi connectivity index (χ2v) is 5.01. The SMILES string of the molecule is CCN(C(=O)COc1cccc(C(C)O)c1)c1ccccc1. The van der Waals surface area contributed by atoms with Crippen LogP contribution in [-0.4, -0.2) is 24.2 Å². The van der Waals surface area contributed by atoms with Crippen molar-refractivity contribution in [3.8, 4) is 5.75 Å². The first kappa shape index (κ1) is 16.0. The van der Waals surface area contributed by atoms with E-state index in [1.54, 1.807) is 30.0 Å². The third-order valence-corrected chi connectivity index (χ3v) is 3.39. The Bertz CT molecular complexity index is 611. The Balaban J connectivity index is 2.01. The molecular weight excluding hydrogens is 278 g/mol. The number of rotatable bonds is 6. The molecule has 0 fully saturated rings. The van der Waals surface area contributed by atoms with Crippen LogP contribution in [0.25, 0.3) is 0 Å². The van der Waals surface area contributed by atoms with E-state index in [1.807, 2.05) is 43.3 Å². The molecule has 2 rings (SSSR count). The van der Waals surface area contributed by atoms with Gasteiger partial charge in [-0.25, -0.2) is 0 Å². The molecule has 4 heteroatoms. The van der Waals surface area contributed by atoms with Crippen LogP contribution >= 0.6 is 0 Å². The molecule has 0 aliphatic carbocycles. The molecule has 22 heavy (non-hydrogen) atoms. The average Bonchev–Trinajstić information content (AvgIpc) is 2.55. The van der Waals surface area contributed by atoms with Crippen molar-refractivity contribution in [1.82, 2.24) is 0 Å². The lowest BCUT2D eigenvalue weighted by atomic mass is 10.1. The Hall–Kier alpha value is -2.33. The number of aliphatic hydroxyl groups excluding tert-OH is 1. The lowest BCUT2D eigenvalue weighted by molar-refractivity contribution is -0.120. The van der Waals surface area contributed by atoms with Gasteiger partial charge in [0.1, 0.15) is 5.75 Å². The van der Waals surface area contributed by atoms with Crippen molar-refractivity contribution in [2.24, 2.45) is 0 Å². The molecule has 0 aliphatic rings. The number of anilines is 1. The van der Waals surface area contributed by atoms with Gasteiger partial charge < -0.3 is 14.7 Å². The minimum atomic E-state index is -0.560. The molecule has 0 aliphatic heterocycles. The minimum absolute atomic E-state index is 0.0357. The van der Waals surface area contributed by atoms with Crippen LogP contribution in [0, 0.1) is 0 Å². The number of carbonyl (C=O) groups excluding carboxylic acids is 1. The van der Waals surface area contributed by atoms with Crippen LogP contribution in [0.5, 0.6) is 5.75 Å². The van der Waals surface area contributed by atoms with Crippen LogP contribution in [0.2, 0.25) is 0 Å². The summed E-state index contributed by atoms with van der Waals surface area (Å²) in [6, 6.07) is 16.7. The van der Waals surface area contributed by atoms with Crippen LogP contribution in [0.3, 0.4) is 0 Å². The van der Waals surface area contributed by atoms with Gasteiger partial charge in [-0.3, -0.25) is 4.79 Å². The first-order valence-electron chi connectivity index (χ1n) is 7.38. The highest BCUT2D eigenvalue weighted by molar-refractivity contribution is 5.94. The van der Waals surface area contributed by atoms with Gasteiger partial charge in [0, 0.05) is 12.2 Å². The van der Waals surface area contributed by atoms with E-state index in [0.717, 1.165) is 11.3 Å². The first-order valence-corrected chi connectivity index (χ1v) is 7.38. The molecular formula is C18H21NO3. The molecule has 0 aromatic heterocycles. The van der Waals surface area contributed by atoms with E-state index in [2.05, 4.69) is 0 Å². The maximum atomic E-state index is 12.3. The zero-order valence-corrected chi connectivity index (χ0v) is 12.9. The van der Waals surface area contributed by atoms with Crippen molar-refractivity contribution in [3.05, 3.63) is 60.2 Å². The molecule has 1 atom stereocenters. The van der Waals surface area contributed by atoms with E-state index < -0.39 is 6.10 Å². The standard InChI is InChI=1S/C18H21NO3/c1-3-19(16-9-5-4-6-10-16)18(21)13-22-17-11-7-8-15(12-17)14(2)20/h4-12,14,20H,3,13H2,1-2H3. The van der Waals surface area contributed by atoms with Crippen molar-refractivity contribution in [2.45, 2.75) is 20.0 Å². The Morgan fingerprint density at radius 2 is 1.91 bits per heavy atom. The third-order valence-electron chi connectivity index (χ3n) is 3.39. The molecule has 0 spiro atoms. The van der Waals surface area contributed by atoms with E-state index in [9.17, 15) is 9.90 Å². The average molecular weight is 299 g/mol. The molecule has 0 heterocycles. The number of carbonyl (C=O) groups is 1. The molecule has 0 saturated carbocycles. The number of aliphatic hydroxyl groups is 1. The number of benzene rings is 2. The van der Waals surface area contributed by atoms with Crippen LogP contribution in [0.1, 0.15) is 25.5 Å². The Morgan fingerprint density at radius 3 is 2.55 bits per heavy atom. The van der Waals surface area contributed by atoms with Crippen molar-refractivity contribution < 1.29 is 14.6 Å². The number of likely N-dealkylation sites (N-methyl/N-ethyl adjacent to an activating group) is 1. The molecule has 2 aromatic carbocycles. The second kappa shape index (κ2) is 7.61. The third kappa shape index (κ3) is 4.09. The number of ether oxygens (including phenoxy) is 1. The molecule has 116 valence electrons. The normalized spacial score (nSPS) is 11.8. The highest BCUT2D eigenvalue weighted by Crippen LogP contribution is 2.19. The number of amides is 1. The molecule has 0 bridgehead atoms. The second-order valence-electron chi connectivity index (χ2n) is 5.01. The van der Waals surface area contributed by atoms with Gasteiger partial charge in [0.05, 0.1) is 6.10 Å². The van der Waals surface area contributed by atoms with E-state index in [1.165, 1.54) is 0 Å². The van der Waals surface area contributed by atoms with Crippen LogP contribution < -0.4 is 9.64 Å². The van der Waals surface area contributed by atoms with Gasteiger partial charge >= 0.3 is 0 Å². The van der Waals surface area contributed by atoms with E-state index >= 15 is 0 Å². The Kier molecular flexibility index (Phi) is 5.55. The summed E-state index contributed by atoms with van der Waals surface area (Å²) in [5.74, 6) is 0.479. The monoisotopic (exact) mass is 299 g/mol. The molecule has 0 radical (unpaired) electrons. The van der Waals surface area contributed by atoms with Gasteiger partial charge in [0.15, 0.2) is 6.61 Å². The summed E-state index contributed by atoms with van der Waals surface area (Å²) in [7, 11) is 0. The van der Waals surface area contributed by atoms with Gasteiger partial charge in [-0.15, -0.1) is 0 Å². The van der Waals surface area contributed by atoms with Crippen molar-refractivity contribution in [2.75, 3.05) is 18.1 Å². The topological polar surface area (TPSA) is 49.8 Å². The van der Waals surface area contributed by atoms with E-state index in [4.69, 9.17) is 4.74 Å². The fourth-order valence-electron chi connectivity index (χ4n) is 2.20. The van der Waals surface area contributed by atoms with Crippen LogP contribution in [0.4, 0.5) is 5.69 Å². The summed E-state index contributed by atoms with van der Waals surface area (Å²) in [6.45, 7) is 4.17. The predicted octanol–water partition coefficient (Wildman–Crippen LogP) is 3.17. The number of hydrogen-bond acceptors (Lipinski definition) is 3. The zero-order valence-electron chi connectivity index (χ0n) is 12.9. The fourth-order valence-corrected chi connectivity index (χ4v) is 2.20. The quantitative estimate of drug-likeness (QED) is 0.891. The van der Waals surface area contributed by atoms with E-state index in [-0.39, 0.29) is 12.5 Å². The minimum Gasteiger partial charge on any atom is -0.484 e. The summed E-state index contributed by atoms with van der Waals surface area (Å²) in [4.78, 5) is 14.0. The number of hydrogen-bond donors (Lipinski definition) is 1. The fraction of sp³-hybridized carbons (Fsp3) is 0.278. The van der Waals surface area contributed by atoms with Gasteiger partial charge in [0.2, 0.25) is 0 Å². The lowest BCUT2D eigenvalue weighted by Crippen LogP contribution is -2.34. The largest absolute Gasteiger partial charge is 0.484 e. The molecule has 1 amide bonds. The van der Waals surface area contributed by atoms with Crippen molar-refractivity contribution >= 4 is 11.6 Å². The first-order chi connectivity index (χ1) is 10.6. The highest BCUT2D eigenvalue weighted by atomic mass is 16.5. The van der Waals surface area contributed by atoms with Crippen molar-refractivity contribution in [1.29, 1.82) is 0 Å². The molecule has 2 aromatic rings. The highest BCUT2D eigenvalue weighted by Gasteiger charge is 2.14. The molecule has 0 saturated heterocycles. The molecule has 1 unspecified atom stereocenters. The Morgan fingerprint density at radius 1 is 1.18 bits per heavy atom.